The van der Waals surface area contributed by atoms with Crippen LogP contribution in [-0.2, 0) is 0 Å². The molecule has 0 atom stereocenters. The standard InChI is InChI=1S/C18H17N/c1-2-14-19-15-13-18(16-9-5-3-6-10-16)17-11-7-4-8-12-17/h2-15H,1H3/b14-2+,19-15?. The number of allylic oxidation sites excluding steroid dienone is 2. The molecule has 0 heterocycles. The third-order valence-electron chi connectivity index (χ3n) is 2.73. The number of aliphatic imine (C=N–C) groups is 1. The Labute approximate surface area is 114 Å². The summed E-state index contributed by atoms with van der Waals surface area (Å²) in [5.41, 5.74) is 3.57. The second kappa shape index (κ2) is 7.12. The van der Waals surface area contributed by atoms with Crippen LogP contribution in [0.1, 0.15) is 18.1 Å². The molecule has 94 valence electrons. The first kappa shape index (κ1) is 13.0. The molecule has 0 N–H and O–H groups in total. The zero-order chi connectivity index (χ0) is 13.3. The Morgan fingerprint density at radius 2 is 1.37 bits per heavy atom. The number of nitrogens with zero attached hydrogens (tertiary/aromatic N) is 1. The molecule has 0 bridgehead atoms. The van der Waals surface area contributed by atoms with Crippen molar-refractivity contribution in [3.63, 3.8) is 0 Å². The van der Waals surface area contributed by atoms with Gasteiger partial charge >= 0.3 is 0 Å². The first-order valence-electron chi connectivity index (χ1n) is 6.37. The zero-order valence-corrected chi connectivity index (χ0v) is 11.0. The smallest absolute Gasteiger partial charge is 0.0274 e. The third-order valence-corrected chi connectivity index (χ3v) is 2.73. The topological polar surface area (TPSA) is 12.4 Å². The van der Waals surface area contributed by atoms with Crippen molar-refractivity contribution in [2.75, 3.05) is 0 Å². The maximum atomic E-state index is 4.20. The number of hydrogen-bond acceptors (Lipinski definition) is 1. The summed E-state index contributed by atoms with van der Waals surface area (Å²) in [6.07, 6.45) is 7.57. The van der Waals surface area contributed by atoms with Crippen molar-refractivity contribution in [1.82, 2.24) is 0 Å². The lowest BCUT2D eigenvalue weighted by Gasteiger charge is -2.07. The van der Waals surface area contributed by atoms with Gasteiger partial charge in [-0.25, -0.2) is 0 Å². The highest BCUT2D eigenvalue weighted by atomic mass is 14.6. The molecule has 2 rings (SSSR count). The Kier molecular flexibility index (Phi) is 4.88. The summed E-state index contributed by atoms with van der Waals surface area (Å²) in [5, 5.41) is 0. The van der Waals surface area contributed by atoms with E-state index in [1.165, 1.54) is 16.7 Å². The van der Waals surface area contributed by atoms with Gasteiger partial charge in [-0.1, -0.05) is 66.7 Å². The van der Waals surface area contributed by atoms with Crippen LogP contribution < -0.4 is 0 Å². The molecular weight excluding hydrogens is 230 g/mol. The van der Waals surface area contributed by atoms with Crippen molar-refractivity contribution in [3.05, 3.63) is 90.1 Å². The SMILES string of the molecule is C/C=C/N=CC=C(c1ccccc1)c1ccccc1. The largest absolute Gasteiger partial charge is 0.265 e. The van der Waals surface area contributed by atoms with Crippen molar-refractivity contribution in [2.45, 2.75) is 6.92 Å². The average Bonchev–Trinajstić information content (AvgIpc) is 2.49. The van der Waals surface area contributed by atoms with Gasteiger partial charge in [-0.3, -0.25) is 4.99 Å². The van der Waals surface area contributed by atoms with E-state index in [1.807, 2.05) is 37.4 Å². The highest BCUT2D eigenvalue weighted by Gasteiger charge is 2.02. The van der Waals surface area contributed by atoms with Gasteiger partial charge < -0.3 is 0 Å². The summed E-state index contributed by atoms with van der Waals surface area (Å²) in [6, 6.07) is 20.7. The van der Waals surface area contributed by atoms with E-state index in [4.69, 9.17) is 0 Å². The van der Waals surface area contributed by atoms with Gasteiger partial charge in [0.05, 0.1) is 0 Å². The summed E-state index contributed by atoms with van der Waals surface area (Å²) in [5.74, 6) is 0. The second-order valence-electron chi connectivity index (χ2n) is 4.09. The first-order valence-corrected chi connectivity index (χ1v) is 6.37. The van der Waals surface area contributed by atoms with E-state index in [9.17, 15) is 0 Å². The van der Waals surface area contributed by atoms with Crippen LogP contribution in [-0.4, -0.2) is 6.21 Å². The molecule has 2 aromatic rings. The molecule has 0 spiro atoms. The highest BCUT2D eigenvalue weighted by Crippen LogP contribution is 2.22. The molecule has 0 aliphatic rings. The van der Waals surface area contributed by atoms with Crippen molar-refractivity contribution >= 4 is 11.8 Å². The first-order chi connectivity index (χ1) is 9.42. The fraction of sp³-hybridized carbons (Fsp3) is 0.0556. The molecule has 1 nitrogen and oxygen atoms in total. The highest BCUT2D eigenvalue weighted by molar-refractivity contribution is 5.91. The van der Waals surface area contributed by atoms with Gasteiger partial charge in [-0.05, 0) is 29.7 Å². The summed E-state index contributed by atoms with van der Waals surface area (Å²) < 4.78 is 0. The van der Waals surface area contributed by atoms with Gasteiger partial charge in [0, 0.05) is 12.4 Å². The van der Waals surface area contributed by atoms with Crippen LogP contribution in [0.4, 0.5) is 0 Å². The lowest BCUT2D eigenvalue weighted by atomic mass is 9.98. The van der Waals surface area contributed by atoms with Crippen LogP contribution in [0.15, 0.2) is 84.0 Å². The maximum Gasteiger partial charge on any atom is 0.0274 e. The third kappa shape index (κ3) is 3.78. The molecule has 0 fully saturated rings. The van der Waals surface area contributed by atoms with Crippen molar-refractivity contribution in [2.24, 2.45) is 4.99 Å². The fourth-order valence-electron chi connectivity index (χ4n) is 1.85. The Hall–Kier alpha value is -2.41. The average molecular weight is 247 g/mol. The summed E-state index contributed by atoms with van der Waals surface area (Å²) in [7, 11) is 0. The van der Waals surface area contributed by atoms with Crippen LogP contribution in [0, 0.1) is 0 Å². The Morgan fingerprint density at radius 1 is 0.842 bits per heavy atom. The van der Waals surface area contributed by atoms with Gasteiger partial charge in [0.2, 0.25) is 0 Å². The monoisotopic (exact) mass is 247 g/mol. The Bertz CT molecular complexity index is 536. The Balaban J connectivity index is 2.40. The minimum Gasteiger partial charge on any atom is -0.265 e. The van der Waals surface area contributed by atoms with Crippen molar-refractivity contribution < 1.29 is 0 Å². The van der Waals surface area contributed by atoms with Crippen molar-refractivity contribution in [3.8, 4) is 0 Å². The van der Waals surface area contributed by atoms with Crippen molar-refractivity contribution in [1.29, 1.82) is 0 Å². The molecule has 0 aromatic heterocycles. The van der Waals surface area contributed by atoms with Gasteiger partial charge in [0.25, 0.3) is 0 Å². The molecule has 0 aliphatic carbocycles. The lowest BCUT2D eigenvalue weighted by molar-refractivity contribution is 1.53. The van der Waals surface area contributed by atoms with E-state index in [-0.39, 0.29) is 0 Å². The van der Waals surface area contributed by atoms with E-state index in [0.29, 0.717) is 0 Å². The summed E-state index contributed by atoms with van der Waals surface area (Å²) >= 11 is 0. The normalized spacial score (nSPS) is 11.0. The quantitative estimate of drug-likeness (QED) is 0.693. The summed E-state index contributed by atoms with van der Waals surface area (Å²) in [6.45, 7) is 1.95. The van der Waals surface area contributed by atoms with Gasteiger partial charge in [0.1, 0.15) is 0 Å². The predicted octanol–water partition coefficient (Wildman–Crippen LogP) is 4.72. The van der Waals surface area contributed by atoms with Crippen LogP contribution in [0.2, 0.25) is 0 Å². The minimum absolute atomic E-state index is 1.18. The van der Waals surface area contributed by atoms with E-state index in [1.54, 1.807) is 6.20 Å². The van der Waals surface area contributed by atoms with Gasteiger partial charge in [-0.15, -0.1) is 0 Å². The number of benzene rings is 2. The molecule has 0 saturated heterocycles. The molecule has 0 amide bonds. The lowest BCUT2D eigenvalue weighted by Crippen LogP contribution is -1.87. The molecular formula is C18H17N. The molecule has 19 heavy (non-hydrogen) atoms. The predicted molar refractivity (Wildman–Crippen MR) is 83.3 cm³/mol. The van der Waals surface area contributed by atoms with E-state index in [2.05, 4.69) is 53.5 Å². The van der Waals surface area contributed by atoms with E-state index < -0.39 is 0 Å². The fourth-order valence-corrected chi connectivity index (χ4v) is 1.85. The van der Waals surface area contributed by atoms with Crippen LogP contribution in [0.25, 0.3) is 5.57 Å². The molecule has 0 saturated carbocycles. The molecule has 1 heteroatoms. The second-order valence-corrected chi connectivity index (χ2v) is 4.09. The minimum atomic E-state index is 1.18. The molecule has 0 aliphatic heterocycles. The number of hydrogen-bond donors (Lipinski definition) is 0. The summed E-state index contributed by atoms with van der Waals surface area (Å²) in [4.78, 5) is 4.20. The van der Waals surface area contributed by atoms with Gasteiger partial charge in [-0.2, -0.15) is 0 Å². The Morgan fingerprint density at radius 3 is 1.84 bits per heavy atom. The molecule has 0 radical (unpaired) electrons. The van der Waals surface area contributed by atoms with E-state index in [0.717, 1.165) is 0 Å². The van der Waals surface area contributed by atoms with E-state index >= 15 is 0 Å². The zero-order valence-electron chi connectivity index (χ0n) is 11.0. The molecule has 2 aromatic carbocycles. The number of rotatable bonds is 4. The van der Waals surface area contributed by atoms with Crippen LogP contribution >= 0.6 is 0 Å². The van der Waals surface area contributed by atoms with Gasteiger partial charge in [0.15, 0.2) is 0 Å². The van der Waals surface area contributed by atoms with Crippen LogP contribution in [0.5, 0.6) is 0 Å². The molecule has 0 unspecified atom stereocenters. The van der Waals surface area contributed by atoms with Crippen LogP contribution in [0.3, 0.4) is 0 Å². The maximum absolute atomic E-state index is 4.20.